The Labute approximate surface area is 296 Å². The highest BCUT2D eigenvalue weighted by atomic mass is 32.1. The van der Waals surface area contributed by atoms with Crippen molar-refractivity contribution in [3.63, 3.8) is 0 Å². The van der Waals surface area contributed by atoms with Gasteiger partial charge >= 0.3 is 0 Å². The zero-order valence-electron chi connectivity index (χ0n) is 27.2. The van der Waals surface area contributed by atoms with Crippen molar-refractivity contribution in [3.05, 3.63) is 164 Å². The summed E-state index contributed by atoms with van der Waals surface area (Å²) < 4.78 is 11.5. The summed E-state index contributed by atoms with van der Waals surface area (Å²) in [6, 6.07) is 53.6. The third kappa shape index (κ3) is 4.19. The van der Waals surface area contributed by atoms with E-state index in [1.807, 2.05) is 12.4 Å². The Morgan fingerprint density at radius 3 is 1.75 bits per heavy atom. The molecule has 0 fully saturated rings. The first-order valence-electron chi connectivity index (χ1n) is 17.1. The van der Waals surface area contributed by atoms with Crippen molar-refractivity contribution in [1.82, 2.24) is 14.5 Å². The van der Waals surface area contributed by atoms with Crippen molar-refractivity contribution in [3.8, 4) is 39.3 Å². The van der Waals surface area contributed by atoms with E-state index in [-0.39, 0.29) is 0 Å². The fourth-order valence-corrected chi connectivity index (χ4v) is 9.12. The Bertz CT molecular complexity index is 3110. The van der Waals surface area contributed by atoms with Crippen LogP contribution in [0.1, 0.15) is 0 Å². The van der Waals surface area contributed by atoms with Gasteiger partial charge in [-0.2, -0.15) is 0 Å². The number of thiophene rings is 1. The quantitative estimate of drug-likeness (QED) is 0.187. The topological polar surface area (TPSA) is 43.9 Å². The molecule has 0 saturated carbocycles. The maximum atomic E-state index is 6.70. The van der Waals surface area contributed by atoms with Crippen LogP contribution in [0, 0.1) is 0 Å². The molecule has 4 nitrogen and oxygen atoms in total. The number of pyridine rings is 2. The number of para-hydroxylation sites is 2. The van der Waals surface area contributed by atoms with E-state index in [0.29, 0.717) is 0 Å². The second-order valence-corrected chi connectivity index (χ2v) is 14.0. The standard InChI is InChI=1S/C46H27N3OS/c1-3-16-34(29(11-1)30-12-2-4-17-35(30)44-46-37(24-26-48-44)33-15-7-10-20-42(33)51-46)43-45-36(23-25-47-43)38-27-28(21-22-41(38)50-45)49-39-18-8-5-13-31(39)32-14-6-9-19-40(32)49/h1-27H. The number of furan rings is 1. The molecule has 0 spiro atoms. The molecular formula is C46H27N3OS. The van der Waals surface area contributed by atoms with Crippen molar-refractivity contribution in [2.24, 2.45) is 0 Å². The molecule has 11 rings (SSSR count). The van der Waals surface area contributed by atoms with Crippen LogP contribution in [0.15, 0.2) is 168 Å². The lowest BCUT2D eigenvalue weighted by molar-refractivity contribution is 0.668. The Hall–Kier alpha value is -6.56. The van der Waals surface area contributed by atoms with E-state index >= 15 is 0 Å². The molecule has 0 bridgehead atoms. The van der Waals surface area contributed by atoms with Crippen LogP contribution in [0.3, 0.4) is 0 Å². The third-order valence-electron chi connectivity index (χ3n) is 10.2. The minimum absolute atomic E-state index is 0.779. The molecule has 5 heteroatoms. The van der Waals surface area contributed by atoms with E-state index in [9.17, 15) is 0 Å². The lowest BCUT2D eigenvalue weighted by Crippen LogP contribution is -1.93. The third-order valence-corrected chi connectivity index (χ3v) is 11.3. The predicted octanol–water partition coefficient (Wildman–Crippen LogP) is 12.8. The SMILES string of the molecule is c1ccc(-c2nccc3c2oc2ccc(-n4c5ccccc5c5ccccc54)cc23)c(-c2ccccc2-c2nccc3c2sc2ccccc23)c1. The first kappa shape index (κ1) is 28.3. The number of rotatable bonds is 4. The van der Waals surface area contributed by atoms with Gasteiger partial charge in [0.25, 0.3) is 0 Å². The van der Waals surface area contributed by atoms with E-state index in [4.69, 9.17) is 14.4 Å². The average molecular weight is 670 g/mol. The Morgan fingerprint density at radius 2 is 1.02 bits per heavy atom. The van der Waals surface area contributed by atoms with Gasteiger partial charge in [-0.25, -0.2) is 0 Å². The molecule has 0 N–H and O–H groups in total. The van der Waals surface area contributed by atoms with Crippen molar-refractivity contribution >= 4 is 75.3 Å². The molecule has 0 atom stereocenters. The Morgan fingerprint density at radius 1 is 0.451 bits per heavy atom. The second-order valence-electron chi connectivity index (χ2n) is 12.9. The van der Waals surface area contributed by atoms with Gasteiger partial charge in [0.2, 0.25) is 0 Å². The summed E-state index contributed by atoms with van der Waals surface area (Å²) in [6.07, 6.45) is 3.84. The highest BCUT2D eigenvalue weighted by Gasteiger charge is 2.21. The monoisotopic (exact) mass is 669 g/mol. The number of nitrogens with zero attached hydrogens (tertiary/aromatic N) is 3. The van der Waals surface area contributed by atoms with Crippen LogP contribution in [0.4, 0.5) is 0 Å². The van der Waals surface area contributed by atoms with Gasteiger partial charge in [-0.05, 0) is 59.7 Å². The molecule has 0 aliphatic rings. The van der Waals surface area contributed by atoms with Gasteiger partial charge in [-0.3, -0.25) is 9.97 Å². The highest BCUT2D eigenvalue weighted by molar-refractivity contribution is 7.26. The minimum atomic E-state index is 0.779. The van der Waals surface area contributed by atoms with E-state index < -0.39 is 0 Å². The van der Waals surface area contributed by atoms with E-state index in [1.165, 1.54) is 42.0 Å². The van der Waals surface area contributed by atoms with Gasteiger partial charge in [0, 0.05) is 66.2 Å². The summed E-state index contributed by atoms with van der Waals surface area (Å²) in [5.41, 5.74) is 11.2. The first-order valence-corrected chi connectivity index (χ1v) is 17.9. The molecule has 51 heavy (non-hydrogen) atoms. The van der Waals surface area contributed by atoms with Gasteiger partial charge in [0.1, 0.15) is 11.3 Å². The molecule has 5 heterocycles. The molecule has 0 amide bonds. The predicted molar refractivity (Wildman–Crippen MR) is 213 cm³/mol. The lowest BCUT2D eigenvalue weighted by atomic mass is 9.91. The molecule has 11 aromatic rings. The van der Waals surface area contributed by atoms with Gasteiger partial charge in [0.05, 0.1) is 21.4 Å². The van der Waals surface area contributed by atoms with Crippen molar-refractivity contribution in [2.75, 3.05) is 0 Å². The van der Waals surface area contributed by atoms with Crippen molar-refractivity contribution < 1.29 is 4.42 Å². The minimum Gasteiger partial charge on any atom is -0.454 e. The molecular weight excluding hydrogens is 643 g/mol. The van der Waals surface area contributed by atoms with Crippen LogP contribution in [-0.4, -0.2) is 14.5 Å². The molecule has 0 aliphatic carbocycles. The molecule has 5 aromatic heterocycles. The molecule has 238 valence electrons. The van der Waals surface area contributed by atoms with Crippen LogP contribution >= 0.6 is 11.3 Å². The van der Waals surface area contributed by atoms with Crippen molar-refractivity contribution in [2.45, 2.75) is 0 Å². The zero-order chi connectivity index (χ0) is 33.5. The summed E-state index contributed by atoms with van der Waals surface area (Å²) in [6.45, 7) is 0. The fraction of sp³-hybridized carbons (Fsp3) is 0. The van der Waals surface area contributed by atoms with Crippen molar-refractivity contribution in [1.29, 1.82) is 0 Å². The largest absolute Gasteiger partial charge is 0.454 e. The summed E-state index contributed by atoms with van der Waals surface area (Å²) in [5, 5.41) is 7.09. The smallest absolute Gasteiger partial charge is 0.161 e. The second kappa shape index (κ2) is 11.0. The van der Waals surface area contributed by atoms with E-state index in [2.05, 4.69) is 156 Å². The molecule has 6 aromatic carbocycles. The Kier molecular flexibility index (Phi) is 6.09. The normalized spacial score (nSPS) is 11.9. The van der Waals surface area contributed by atoms with Crippen LogP contribution in [0.25, 0.3) is 103 Å². The summed E-state index contributed by atoms with van der Waals surface area (Å²) >= 11 is 1.80. The maximum Gasteiger partial charge on any atom is 0.161 e. The zero-order valence-corrected chi connectivity index (χ0v) is 28.1. The molecule has 0 aliphatic heterocycles. The van der Waals surface area contributed by atoms with Gasteiger partial charge in [-0.15, -0.1) is 11.3 Å². The number of hydrogen-bond donors (Lipinski definition) is 0. The molecule has 0 unspecified atom stereocenters. The summed E-state index contributed by atoms with van der Waals surface area (Å²) in [4.78, 5) is 9.96. The molecule has 0 radical (unpaired) electrons. The average Bonchev–Trinajstić information content (AvgIpc) is 3.87. The van der Waals surface area contributed by atoms with E-state index in [0.717, 1.165) is 61.3 Å². The van der Waals surface area contributed by atoms with Crippen LogP contribution in [0.2, 0.25) is 0 Å². The number of hydrogen-bond acceptors (Lipinski definition) is 4. The highest BCUT2D eigenvalue weighted by Crippen LogP contribution is 2.45. The summed E-state index contributed by atoms with van der Waals surface area (Å²) in [7, 11) is 0. The lowest BCUT2D eigenvalue weighted by Gasteiger charge is -2.14. The molecule has 0 saturated heterocycles. The van der Waals surface area contributed by atoms with Crippen LogP contribution < -0.4 is 0 Å². The number of benzene rings is 6. The van der Waals surface area contributed by atoms with Crippen LogP contribution in [0.5, 0.6) is 0 Å². The van der Waals surface area contributed by atoms with Crippen LogP contribution in [-0.2, 0) is 0 Å². The number of aromatic nitrogens is 3. The van der Waals surface area contributed by atoms with Gasteiger partial charge in [0.15, 0.2) is 5.58 Å². The first-order chi connectivity index (χ1) is 25.3. The van der Waals surface area contributed by atoms with Gasteiger partial charge < -0.3 is 8.98 Å². The fourth-order valence-electron chi connectivity index (χ4n) is 7.92. The number of fused-ring (bicyclic) bond motifs is 9. The Balaban J connectivity index is 1.10. The maximum absolute atomic E-state index is 6.70. The van der Waals surface area contributed by atoms with E-state index in [1.54, 1.807) is 11.3 Å². The van der Waals surface area contributed by atoms with Gasteiger partial charge in [-0.1, -0.05) is 103 Å². The summed E-state index contributed by atoms with van der Waals surface area (Å²) in [5.74, 6) is 0.